The van der Waals surface area contributed by atoms with Gasteiger partial charge in [0.1, 0.15) is 0 Å². The Morgan fingerprint density at radius 1 is 0.720 bits per heavy atom. The molecule has 0 radical (unpaired) electrons. The molecule has 0 N–H and O–H groups in total. The van der Waals surface area contributed by atoms with Gasteiger partial charge in [-0.3, -0.25) is 0 Å². The lowest BCUT2D eigenvalue weighted by Crippen LogP contribution is -2.05. The van der Waals surface area contributed by atoms with Crippen LogP contribution in [0.3, 0.4) is 0 Å². The number of nitrogens with zero attached hydrogens (tertiary/aromatic N) is 2. The first-order valence-corrected chi connectivity index (χ1v) is 9.16. The highest BCUT2D eigenvalue weighted by Crippen LogP contribution is 2.28. The molecular weight excluding hydrogens is 304 g/mol. The van der Waals surface area contributed by atoms with Gasteiger partial charge in [0.15, 0.2) is 5.82 Å². The molecule has 0 fully saturated rings. The maximum atomic E-state index is 4.98. The van der Waals surface area contributed by atoms with Gasteiger partial charge in [-0.25, -0.2) is 9.97 Å². The fourth-order valence-corrected chi connectivity index (χ4v) is 3.13. The minimum absolute atomic E-state index is 0.830. The van der Waals surface area contributed by atoms with E-state index in [1.165, 1.54) is 27.9 Å². The summed E-state index contributed by atoms with van der Waals surface area (Å²) in [5.74, 6) is 0.830. The van der Waals surface area contributed by atoms with E-state index in [9.17, 15) is 0 Å². The predicted molar refractivity (Wildman–Crippen MR) is 106 cm³/mol. The standard InChI is InChI=1S/C23H26N2/c1-5-7-21-20(6-2)22(18-12-8-16(3)9-13-18)25-23(24-21)19-14-10-17(4)11-15-19/h8-15H,5-7H2,1-4H3. The zero-order chi connectivity index (χ0) is 17.8. The Morgan fingerprint density at radius 3 is 1.80 bits per heavy atom. The molecule has 0 bridgehead atoms. The molecule has 0 saturated carbocycles. The van der Waals surface area contributed by atoms with Crippen LogP contribution in [0.2, 0.25) is 0 Å². The molecule has 1 aromatic heterocycles. The van der Waals surface area contributed by atoms with Crippen molar-refractivity contribution >= 4 is 0 Å². The number of aryl methyl sites for hydroxylation is 3. The molecule has 2 aromatic carbocycles. The van der Waals surface area contributed by atoms with Crippen LogP contribution in [-0.2, 0) is 12.8 Å². The first kappa shape index (κ1) is 17.3. The van der Waals surface area contributed by atoms with E-state index in [0.29, 0.717) is 0 Å². The number of rotatable bonds is 5. The van der Waals surface area contributed by atoms with Crippen molar-refractivity contribution in [2.45, 2.75) is 47.0 Å². The van der Waals surface area contributed by atoms with Crippen molar-refractivity contribution in [1.29, 1.82) is 0 Å². The Labute approximate surface area is 151 Å². The van der Waals surface area contributed by atoms with Crippen LogP contribution in [0.1, 0.15) is 42.7 Å². The molecule has 0 aliphatic rings. The van der Waals surface area contributed by atoms with Crippen LogP contribution >= 0.6 is 0 Å². The van der Waals surface area contributed by atoms with Crippen molar-refractivity contribution in [3.8, 4) is 22.6 Å². The smallest absolute Gasteiger partial charge is 0.160 e. The minimum atomic E-state index is 0.830. The van der Waals surface area contributed by atoms with Gasteiger partial charge in [-0.2, -0.15) is 0 Å². The lowest BCUT2D eigenvalue weighted by atomic mass is 9.99. The Kier molecular flexibility index (Phi) is 5.28. The van der Waals surface area contributed by atoms with Gasteiger partial charge in [-0.05, 0) is 32.3 Å². The van der Waals surface area contributed by atoms with Crippen molar-refractivity contribution in [1.82, 2.24) is 9.97 Å². The number of aromatic nitrogens is 2. The van der Waals surface area contributed by atoms with Crippen LogP contribution in [0.15, 0.2) is 48.5 Å². The quantitative estimate of drug-likeness (QED) is 0.578. The van der Waals surface area contributed by atoms with E-state index in [2.05, 4.69) is 76.2 Å². The average Bonchev–Trinajstić information content (AvgIpc) is 2.62. The SMILES string of the molecule is CCCc1nc(-c2ccc(C)cc2)nc(-c2ccc(C)cc2)c1CC. The Balaban J connectivity index is 2.20. The van der Waals surface area contributed by atoms with Crippen LogP contribution in [0, 0.1) is 13.8 Å². The zero-order valence-corrected chi connectivity index (χ0v) is 15.6. The monoisotopic (exact) mass is 330 g/mol. The Hall–Kier alpha value is -2.48. The summed E-state index contributed by atoms with van der Waals surface area (Å²) < 4.78 is 0. The summed E-state index contributed by atoms with van der Waals surface area (Å²) in [6.07, 6.45) is 3.03. The van der Waals surface area contributed by atoms with Gasteiger partial charge < -0.3 is 0 Å². The van der Waals surface area contributed by atoms with E-state index in [1.807, 2.05) is 0 Å². The number of hydrogen-bond acceptors (Lipinski definition) is 2. The molecule has 3 aromatic rings. The summed E-state index contributed by atoms with van der Waals surface area (Å²) in [5.41, 5.74) is 8.32. The molecular formula is C23H26N2. The lowest BCUT2D eigenvalue weighted by Gasteiger charge is -2.15. The normalized spacial score (nSPS) is 10.9. The summed E-state index contributed by atoms with van der Waals surface area (Å²) in [5, 5.41) is 0. The van der Waals surface area contributed by atoms with Crippen LogP contribution in [0.5, 0.6) is 0 Å². The molecule has 2 heteroatoms. The van der Waals surface area contributed by atoms with Crippen LogP contribution < -0.4 is 0 Å². The van der Waals surface area contributed by atoms with E-state index >= 15 is 0 Å². The molecule has 0 atom stereocenters. The first-order chi connectivity index (χ1) is 12.1. The number of hydrogen-bond donors (Lipinski definition) is 0. The zero-order valence-electron chi connectivity index (χ0n) is 15.6. The largest absolute Gasteiger partial charge is 0.233 e. The fourth-order valence-electron chi connectivity index (χ4n) is 3.13. The molecule has 25 heavy (non-hydrogen) atoms. The molecule has 0 unspecified atom stereocenters. The lowest BCUT2D eigenvalue weighted by molar-refractivity contribution is 0.849. The third-order valence-electron chi connectivity index (χ3n) is 4.57. The van der Waals surface area contributed by atoms with E-state index in [4.69, 9.17) is 9.97 Å². The molecule has 0 aliphatic carbocycles. The van der Waals surface area contributed by atoms with Crippen LogP contribution in [0.4, 0.5) is 0 Å². The van der Waals surface area contributed by atoms with Gasteiger partial charge in [-0.15, -0.1) is 0 Å². The maximum absolute atomic E-state index is 4.98. The van der Waals surface area contributed by atoms with Crippen molar-refractivity contribution < 1.29 is 0 Å². The molecule has 1 heterocycles. The van der Waals surface area contributed by atoms with Gasteiger partial charge >= 0.3 is 0 Å². The van der Waals surface area contributed by atoms with Crippen molar-refractivity contribution in [3.63, 3.8) is 0 Å². The second-order valence-corrected chi connectivity index (χ2v) is 6.66. The highest BCUT2D eigenvalue weighted by Gasteiger charge is 2.15. The summed E-state index contributed by atoms with van der Waals surface area (Å²) >= 11 is 0. The van der Waals surface area contributed by atoms with Gasteiger partial charge in [0.2, 0.25) is 0 Å². The first-order valence-electron chi connectivity index (χ1n) is 9.16. The van der Waals surface area contributed by atoms with Crippen LogP contribution in [0.25, 0.3) is 22.6 Å². The highest BCUT2D eigenvalue weighted by atomic mass is 14.9. The molecule has 0 spiro atoms. The maximum Gasteiger partial charge on any atom is 0.160 e. The minimum Gasteiger partial charge on any atom is -0.233 e. The summed E-state index contributed by atoms with van der Waals surface area (Å²) in [6.45, 7) is 8.62. The van der Waals surface area contributed by atoms with E-state index < -0.39 is 0 Å². The molecule has 3 rings (SSSR count). The Morgan fingerprint density at radius 2 is 1.28 bits per heavy atom. The Bertz CT molecular complexity index is 847. The van der Waals surface area contributed by atoms with E-state index in [-0.39, 0.29) is 0 Å². The highest BCUT2D eigenvalue weighted by molar-refractivity contribution is 5.68. The molecule has 2 nitrogen and oxygen atoms in total. The van der Waals surface area contributed by atoms with Gasteiger partial charge in [-0.1, -0.05) is 79.9 Å². The second-order valence-electron chi connectivity index (χ2n) is 6.66. The summed E-state index contributed by atoms with van der Waals surface area (Å²) in [4.78, 5) is 9.90. The van der Waals surface area contributed by atoms with Crippen molar-refractivity contribution in [3.05, 3.63) is 70.9 Å². The molecule has 128 valence electrons. The molecule has 0 saturated heterocycles. The van der Waals surface area contributed by atoms with Gasteiger partial charge in [0, 0.05) is 16.8 Å². The van der Waals surface area contributed by atoms with Gasteiger partial charge in [0.05, 0.1) is 5.69 Å². The third-order valence-corrected chi connectivity index (χ3v) is 4.57. The second kappa shape index (κ2) is 7.60. The summed E-state index contributed by atoms with van der Waals surface area (Å²) in [6, 6.07) is 17.1. The predicted octanol–water partition coefficient (Wildman–Crippen LogP) is 5.94. The molecule has 0 aliphatic heterocycles. The topological polar surface area (TPSA) is 25.8 Å². The van der Waals surface area contributed by atoms with E-state index in [0.717, 1.165) is 36.3 Å². The van der Waals surface area contributed by atoms with Crippen molar-refractivity contribution in [2.24, 2.45) is 0 Å². The molecule has 0 amide bonds. The van der Waals surface area contributed by atoms with Crippen LogP contribution in [-0.4, -0.2) is 9.97 Å². The van der Waals surface area contributed by atoms with E-state index in [1.54, 1.807) is 0 Å². The third kappa shape index (κ3) is 3.79. The average molecular weight is 330 g/mol. The van der Waals surface area contributed by atoms with Gasteiger partial charge in [0.25, 0.3) is 0 Å². The number of benzene rings is 2. The fraction of sp³-hybridized carbons (Fsp3) is 0.304. The van der Waals surface area contributed by atoms with Crippen molar-refractivity contribution in [2.75, 3.05) is 0 Å². The summed E-state index contributed by atoms with van der Waals surface area (Å²) in [7, 11) is 0.